The Labute approximate surface area is 354 Å². The summed E-state index contributed by atoms with van der Waals surface area (Å²) in [4.78, 5) is 42.8. The lowest BCUT2D eigenvalue weighted by molar-refractivity contribution is -0.121. The largest absolute Gasteiger partial charge is 0.497 e. The number of carbonyl (C=O) groups excluding carboxylic acids is 3. The van der Waals surface area contributed by atoms with Gasteiger partial charge in [0.05, 0.1) is 42.4 Å². The Morgan fingerprint density at radius 1 is 0.644 bits per heavy atom. The van der Waals surface area contributed by atoms with E-state index in [9.17, 15) is 18.8 Å². The van der Waals surface area contributed by atoms with E-state index in [4.69, 9.17) is 37.4 Å². The van der Waals surface area contributed by atoms with Gasteiger partial charge < -0.3 is 45.1 Å². The number of H-pyrrole nitrogens is 3. The number of carbonyl (C=O) groups is 3. The summed E-state index contributed by atoms with van der Waals surface area (Å²) < 4.78 is 29.4. The number of aromatic nitrogens is 3. The number of halogens is 3. The number of aromatic amines is 3. The molecule has 3 unspecified atom stereocenters. The van der Waals surface area contributed by atoms with Gasteiger partial charge in [0.1, 0.15) is 17.2 Å². The standard InChI is InChI=1S/C16H21ClN2O2.C14H17ClN2O2.C14H17FN2O2/c1-4-5-16(20)19-8-10(2)12-9-18-14-7-13(17)15(21-3)6-11(12)14;2*1-8(6-16-9(2)18)12-7-17-14-11(12)4-10(19-3)5-13(14)15/h6-7,9-10,18H,4-5,8H2,1-3H3,(H,19,20);2*4-5,7-8,17H,6H2,1-3H3,(H,16,18). The molecule has 0 saturated carbocycles. The summed E-state index contributed by atoms with van der Waals surface area (Å²) in [5, 5.41) is 12.7. The van der Waals surface area contributed by atoms with Crippen LogP contribution in [0.2, 0.25) is 10.0 Å². The first-order valence-corrected chi connectivity index (χ1v) is 20.2. The highest BCUT2D eigenvalue weighted by Gasteiger charge is 2.18. The predicted molar refractivity (Wildman–Crippen MR) is 235 cm³/mol. The molecule has 6 N–H and O–H groups in total. The molecule has 3 aromatic heterocycles. The van der Waals surface area contributed by atoms with Crippen LogP contribution < -0.4 is 30.2 Å². The Morgan fingerprint density at radius 3 is 1.66 bits per heavy atom. The second-order valence-electron chi connectivity index (χ2n) is 14.5. The molecule has 0 spiro atoms. The fraction of sp³-hybridized carbons (Fsp3) is 0.386. The molecular formula is C44H55Cl2FN6O6. The highest BCUT2D eigenvalue weighted by atomic mass is 35.5. The van der Waals surface area contributed by atoms with E-state index in [0.717, 1.165) is 56.1 Å². The maximum atomic E-state index is 13.8. The Bertz CT molecular complexity index is 2260. The predicted octanol–water partition coefficient (Wildman–Crippen LogP) is 9.47. The molecular weight excluding hydrogens is 798 g/mol. The molecule has 59 heavy (non-hydrogen) atoms. The average Bonchev–Trinajstić information content (AvgIpc) is 3.95. The second-order valence-corrected chi connectivity index (χ2v) is 15.3. The van der Waals surface area contributed by atoms with Crippen LogP contribution >= 0.6 is 23.2 Å². The van der Waals surface area contributed by atoms with Crippen molar-refractivity contribution in [2.24, 2.45) is 0 Å². The molecule has 12 nitrogen and oxygen atoms in total. The van der Waals surface area contributed by atoms with Crippen molar-refractivity contribution in [1.29, 1.82) is 0 Å². The van der Waals surface area contributed by atoms with Gasteiger partial charge in [-0.2, -0.15) is 0 Å². The lowest BCUT2D eigenvalue weighted by Crippen LogP contribution is -2.26. The quantitative estimate of drug-likeness (QED) is 0.0640. The summed E-state index contributed by atoms with van der Waals surface area (Å²) in [6.07, 6.45) is 7.12. The monoisotopic (exact) mass is 852 g/mol. The van der Waals surface area contributed by atoms with E-state index in [-0.39, 0.29) is 41.3 Å². The zero-order chi connectivity index (χ0) is 43.4. The molecule has 0 aliphatic carbocycles. The SMILES string of the molecule is CCCC(=O)NCC(C)c1c[nH]c2cc(Cl)c(OC)cc12.COc1cc(Cl)c2[nH]cc(C(C)CNC(C)=O)c2c1.COc1cc(F)c2[nH]cc(C(C)CNC(C)=O)c2c1. The number of fused-ring (bicyclic) bond motifs is 3. The summed E-state index contributed by atoms with van der Waals surface area (Å²) >= 11 is 12.3. The zero-order valence-corrected chi connectivity index (χ0v) is 36.6. The van der Waals surface area contributed by atoms with Crippen molar-refractivity contribution in [3.8, 4) is 17.2 Å². The summed E-state index contributed by atoms with van der Waals surface area (Å²) in [5.74, 6) is 2.03. The molecule has 3 atom stereocenters. The lowest BCUT2D eigenvalue weighted by atomic mass is 10.00. The second kappa shape index (κ2) is 21.6. The van der Waals surface area contributed by atoms with E-state index in [1.54, 1.807) is 32.5 Å². The molecule has 0 fully saturated rings. The van der Waals surface area contributed by atoms with Crippen LogP contribution in [0, 0.1) is 5.82 Å². The minimum Gasteiger partial charge on any atom is -0.497 e. The third kappa shape index (κ3) is 12.1. The van der Waals surface area contributed by atoms with Gasteiger partial charge in [0.2, 0.25) is 17.7 Å². The Balaban J connectivity index is 0.000000196. The fourth-order valence-electron chi connectivity index (χ4n) is 6.63. The number of methoxy groups -OCH3 is 3. The molecule has 0 radical (unpaired) electrons. The molecule has 318 valence electrons. The molecule has 15 heteroatoms. The molecule has 0 aliphatic rings. The smallest absolute Gasteiger partial charge is 0.220 e. The van der Waals surface area contributed by atoms with Gasteiger partial charge >= 0.3 is 0 Å². The van der Waals surface area contributed by atoms with Gasteiger partial charge in [0, 0.05) is 110 Å². The van der Waals surface area contributed by atoms with Gasteiger partial charge in [-0.25, -0.2) is 4.39 Å². The number of hydrogen-bond donors (Lipinski definition) is 6. The van der Waals surface area contributed by atoms with Gasteiger partial charge in [-0.05, 0) is 47.4 Å². The maximum absolute atomic E-state index is 13.8. The Morgan fingerprint density at radius 2 is 1.14 bits per heavy atom. The van der Waals surface area contributed by atoms with Crippen LogP contribution in [0.3, 0.4) is 0 Å². The lowest BCUT2D eigenvalue weighted by Gasteiger charge is -2.12. The molecule has 3 amide bonds. The van der Waals surface area contributed by atoms with Crippen LogP contribution in [-0.2, 0) is 14.4 Å². The topological polar surface area (TPSA) is 162 Å². The average molecular weight is 854 g/mol. The molecule has 6 aromatic rings. The highest BCUT2D eigenvalue weighted by molar-refractivity contribution is 6.35. The van der Waals surface area contributed by atoms with Crippen molar-refractivity contribution in [2.45, 2.75) is 72.1 Å². The molecule has 0 bridgehead atoms. The first-order chi connectivity index (χ1) is 28.1. The van der Waals surface area contributed by atoms with Crippen molar-refractivity contribution >= 4 is 73.6 Å². The number of hydrogen-bond acceptors (Lipinski definition) is 6. The van der Waals surface area contributed by atoms with Crippen molar-refractivity contribution in [1.82, 2.24) is 30.9 Å². The number of rotatable bonds is 14. The van der Waals surface area contributed by atoms with Crippen LogP contribution in [0.25, 0.3) is 32.7 Å². The van der Waals surface area contributed by atoms with E-state index < -0.39 is 0 Å². The normalized spacial score (nSPS) is 12.4. The summed E-state index contributed by atoms with van der Waals surface area (Å²) in [6, 6.07) is 10.7. The highest BCUT2D eigenvalue weighted by Crippen LogP contribution is 2.35. The first kappa shape index (κ1) is 46.3. The van der Waals surface area contributed by atoms with Gasteiger partial charge in [-0.15, -0.1) is 0 Å². The van der Waals surface area contributed by atoms with E-state index in [0.29, 0.717) is 53.1 Å². The van der Waals surface area contributed by atoms with Gasteiger partial charge in [0.25, 0.3) is 0 Å². The van der Waals surface area contributed by atoms with Crippen LogP contribution in [0.4, 0.5) is 4.39 Å². The minimum atomic E-state index is -0.340. The van der Waals surface area contributed by atoms with Crippen molar-refractivity contribution in [2.75, 3.05) is 41.0 Å². The van der Waals surface area contributed by atoms with Crippen LogP contribution in [-0.4, -0.2) is 73.6 Å². The fourth-order valence-corrected chi connectivity index (χ4v) is 7.14. The number of nitrogens with one attached hydrogen (secondary N) is 6. The van der Waals surface area contributed by atoms with Gasteiger partial charge in [-0.3, -0.25) is 14.4 Å². The van der Waals surface area contributed by atoms with Crippen LogP contribution in [0.15, 0.2) is 55.0 Å². The summed E-state index contributed by atoms with van der Waals surface area (Å²) in [5.41, 5.74) is 5.56. The third-order valence-corrected chi connectivity index (χ3v) is 10.5. The Hall–Kier alpha value is -5.40. The maximum Gasteiger partial charge on any atom is 0.220 e. The minimum absolute atomic E-state index is 0.0256. The molecule has 0 saturated heterocycles. The third-order valence-electron chi connectivity index (χ3n) is 9.94. The van der Waals surface area contributed by atoms with Crippen molar-refractivity contribution in [3.05, 3.63) is 87.5 Å². The van der Waals surface area contributed by atoms with Crippen molar-refractivity contribution in [3.63, 3.8) is 0 Å². The van der Waals surface area contributed by atoms with Crippen molar-refractivity contribution < 1.29 is 33.0 Å². The first-order valence-electron chi connectivity index (χ1n) is 19.4. The van der Waals surface area contributed by atoms with Crippen LogP contribution in [0.5, 0.6) is 17.2 Å². The van der Waals surface area contributed by atoms with E-state index in [1.165, 1.54) is 27.0 Å². The summed E-state index contributed by atoms with van der Waals surface area (Å²) in [6.45, 7) is 12.9. The van der Waals surface area contributed by atoms with Gasteiger partial charge in [-0.1, -0.05) is 50.9 Å². The molecule has 0 aliphatic heterocycles. The van der Waals surface area contributed by atoms with E-state index in [2.05, 4.69) is 44.7 Å². The number of amides is 3. The van der Waals surface area contributed by atoms with Gasteiger partial charge in [0.15, 0.2) is 5.82 Å². The molecule has 3 aromatic carbocycles. The zero-order valence-electron chi connectivity index (χ0n) is 35.0. The number of ether oxygens (including phenoxy) is 3. The number of benzene rings is 3. The Kier molecular flexibility index (Phi) is 16.9. The van der Waals surface area contributed by atoms with E-state index in [1.807, 2.05) is 44.4 Å². The summed E-state index contributed by atoms with van der Waals surface area (Å²) in [7, 11) is 4.73. The van der Waals surface area contributed by atoms with Crippen LogP contribution in [0.1, 0.15) is 88.8 Å². The molecule has 6 rings (SSSR count). The van der Waals surface area contributed by atoms with E-state index >= 15 is 0 Å². The molecule has 3 heterocycles.